The Balaban J connectivity index is 1.82. The summed E-state index contributed by atoms with van der Waals surface area (Å²) in [7, 11) is -2.74. The maximum Gasteiger partial charge on any atom is 0.404 e. The molecule has 0 radical (unpaired) electrons. The van der Waals surface area contributed by atoms with Crippen LogP contribution in [0.2, 0.25) is 0 Å². The molecule has 1 aliphatic rings. The van der Waals surface area contributed by atoms with E-state index in [1.165, 1.54) is 6.07 Å². The van der Waals surface area contributed by atoms with E-state index < -0.39 is 27.1 Å². The summed E-state index contributed by atoms with van der Waals surface area (Å²) in [6.07, 6.45) is 3.30. The number of nitrogens with zero attached hydrogens (tertiary/aromatic N) is 4. The van der Waals surface area contributed by atoms with Crippen molar-refractivity contribution in [2.75, 3.05) is 12.4 Å². The van der Waals surface area contributed by atoms with Gasteiger partial charge in [0.2, 0.25) is 10.0 Å². The molecule has 4 rings (SSSR count). The second kappa shape index (κ2) is 8.02. The Hall–Kier alpha value is -3.69. The first kappa shape index (κ1) is 22.5. The molecular weight excluding hydrogens is 457 g/mol. The molecule has 0 saturated heterocycles. The van der Waals surface area contributed by atoms with Gasteiger partial charge in [0.1, 0.15) is 22.7 Å². The molecule has 0 fully saturated rings. The topological polar surface area (TPSA) is 113 Å². The molecule has 0 bridgehead atoms. The summed E-state index contributed by atoms with van der Waals surface area (Å²) >= 11 is 0. The van der Waals surface area contributed by atoms with Crippen LogP contribution in [-0.2, 0) is 10.0 Å². The minimum absolute atomic E-state index is 0.263. The highest BCUT2D eigenvalue weighted by molar-refractivity contribution is 7.89. The number of allylic oxidation sites excluding steroid dienone is 4. The lowest BCUT2D eigenvalue weighted by atomic mass is 10.1. The van der Waals surface area contributed by atoms with Gasteiger partial charge in [-0.25, -0.2) is 13.4 Å². The standard InChI is InChI=1S/C21H17F3N6O2S/c1-12(21(22,23)24)29-33(31,32)15-6-7-18(27-11-15)19-17(9-25)16-8-13(26-2)10-28-20(16)30(19)14-4-3-5-14/h3-8,10-12,26,29H,1-2H3/t12-/m0/s1. The fraction of sp³-hybridized carbons (Fsp3) is 0.190. The summed E-state index contributed by atoms with van der Waals surface area (Å²) in [6.45, 7) is 0.712. The quantitative estimate of drug-likeness (QED) is 0.564. The molecule has 0 aliphatic heterocycles. The Labute approximate surface area is 187 Å². The van der Waals surface area contributed by atoms with Crippen molar-refractivity contribution in [1.29, 1.82) is 5.26 Å². The van der Waals surface area contributed by atoms with Crippen LogP contribution in [0.1, 0.15) is 12.5 Å². The van der Waals surface area contributed by atoms with Gasteiger partial charge in [-0.05, 0) is 37.3 Å². The normalized spacial score (nSPS) is 14.5. The van der Waals surface area contributed by atoms with Gasteiger partial charge >= 0.3 is 6.18 Å². The minimum atomic E-state index is -4.73. The fourth-order valence-electron chi connectivity index (χ4n) is 3.29. The maximum absolute atomic E-state index is 12.8. The summed E-state index contributed by atoms with van der Waals surface area (Å²) in [4.78, 5) is 8.19. The zero-order valence-corrected chi connectivity index (χ0v) is 18.2. The SMILES string of the molecule is CNc1cnc2c(c1)c(C#N)c(-c1ccc(S(=O)(=O)N[C@@H](C)C(F)(F)F)cn1)n2C1=CC=C1. The van der Waals surface area contributed by atoms with E-state index >= 15 is 0 Å². The van der Waals surface area contributed by atoms with Gasteiger partial charge in [0, 0.05) is 24.3 Å². The molecular formula is C21H17F3N6O2S. The van der Waals surface area contributed by atoms with Crippen molar-refractivity contribution >= 4 is 32.4 Å². The number of hydrogen-bond donors (Lipinski definition) is 2. The highest BCUT2D eigenvalue weighted by Gasteiger charge is 2.39. The van der Waals surface area contributed by atoms with Crippen molar-refractivity contribution in [3.05, 3.63) is 54.4 Å². The third kappa shape index (κ3) is 3.96. The van der Waals surface area contributed by atoms with Gasteiger partial charge in [0.25, 0.3) is 0 Å². The van der Waals surface area contributed by atoms with E-state index in [1.54, 1.807) is 28.6 Å². The van der Waals surface area contributed by atoms with Crippen molar-refractivity contribution in [3.63, 3.8) is 0 Å². The van der Waals surface area contributed by atoms with E-state index in [9.17, 15) is 26.9 Å². The van der Waals surface area contributed by atoms with Crippen molar-refractivity contribution in [1.82, 2.24) is 19.3 Å². The lowest BCUT2D eigenvalue weighted by Gasteiger charge is -2.17. The number of halogens is 3. The molecule has 2 N–H and O–H groups in total. The predicted molar refractivity (Wildman–Crippen MR) is 116 cm³/mol. The lowest BCUT2D eigenvalue weighted by molar-refractivity contribution is -0.147. The molecule has 0 saturated carbocycles. The largest absolute Gasteiger partial charge is 0.404 e. The average molecular weight is 474 g/mol. The number of alkyl halides is 3. The Morgan fingerprint density at radius 1 is 1.21 bits per heavy atom. The molecule has 3 aromatic rings. The number of pyridine rings is 2. The van der Waals surface area contributed by atoms with Gasteiger partial charge in [-0.2, -0.15) is 23.2 Å². The van der Waals surface area contributed by atoms with E-state index in [0.29, 0.717) is 29.3 Å². The number of rotatable bonds is 6. The second-order valence-corrected chi connectivity index (χ2v) is 8.94. The molecule has 3 heterocycles. The Kier molecular flexibility index (Phi) is 5.47. The number of sulfonamides is 1. The van der Waals surface area contributed by atoms with Crippen LogP contribution in [0.25, 0.3) is 28.1 Å². The molecule has 0 aromatic carbocycles. The zero-order chi connectivity index (χ0) is 24.0. The number of hydrogen-bond acceptors (Lipinski definition) is 6. The summed E-state index contributed by atoms with van der Waals surface area (Å²) in [5.41, 5.74) is 2.89. The number of fused-ring (bicyclic) bond motifs is 1. The number of aromatic nitrogens is 3. The van der Waals surface area contributed by atoms with E-state index in [1.807, 2.05) is 18.2 Å². The first-order chi connectivity index (χ1) is 15.6. The highest BCUT2D eigenvalue weighted by Crippen LogP contribution is 2.37. The van der Waals surface area contributed by atoms with Crippen molar-refractivity contribution in [2.45, 2.75) is 24.0 Å². The number of anilines is 1. The third-order valence-corrected chi connectivity index (χ3v) is 6.64. The third-order valence-electron chi connectivity index (χ3n) is 5.11. The van der Waals surface area contributed by atoms with Gasteiger partial charge in [0.05, 0.1) is 28.8 Å². The van der Waals surface area contributed by atoms with Gasteiger partial charge in [-0.3, -0.25) is 9.55 Å². The molecule has 0 unspecified atom stereocenters. The van der Waals surface area contributed by atoms with Gasteiger partial charge in [-0.1, -0.05) is 6.08 Å². The van der Waals surface area contributed by atoms with Crippen LogP contribution in [0, 0.1) is 11.3 Å². The fourth-order valence-corrected chi connectivity index (χ4v) is 4.46. The smallest absolute Gasteiger partial charge is 0.387 e. The molecule has 170 valence electrons. The average Bonchev–Trinajstić information content (AvgIpc) is 3.04. The molecule has 12 heteroatoms. The van der Waals surface area contributed by atoms with Gasteiger partial charge < -0.3 is 5.32 Å². The van der Waals surface area contributed by atoms with Crippen LogP contribution in [0.4, 0.5) is 18.9 Å². The first-order valence-corrected chi connectivity index (χ1v) is 11.1. The maximum atomic E-state index is 12.8. The monoisotopic (exact) mass is 474 g/mol. The zero-order valence-electron chi connectivity index (χ0n) is 17.3. The van der Waals surface area contributed by atoms with Crippen LogP contribution in [0.15, 0.2) is 53.7 Å². The Bertz CT molecular complexity index is 1450. The lowest BCUT2D eigenvalue weighted by Crippen LogP contribution is -2.42. The summed E-state index contributed by atoms with van der Waals surface area (Å²) in [6, 6.07) is 4.16. The summed E-state index contributed by atoms with van der Waals surface area (Å²) < 4.78 is 66.4. The van der Waals surface area contributed by atoms with Crippen LogP contribution >= 0.6 is 0 Å². The Morgan fingerprint density at radius 2 is 1.94 bits per heavy atom. The molecule has 1 atom stereocenters. The predicted octanol–water partition coefficient (Wildman–Crippen LogP) is 3.65. The van der Waals surface area contributed by atoms with Crippen molar-refractivity contribution in [2.24, 2.45) is 0 Å². The van der Waals surface area contributed by atoms with Crippen LogP contribution < -0.4 is 10.0 Å². The number of nitriles is 1. The summed E-state index contributed by atoms with van der Waals surface area (Å²) in [5.74, 6) is 0. The van der Waals surface area contributed by atoms with Crippen LogP contribution in [0.5, 0.6) is 0 Å². The second-order valence-electron chi connectivity index (χ2n) is 7.23. The minimum Gasteiger partial charge on any atom is -0.387 e. The van der Waals surface area contributed by atoms with E-state index in [4.69, 9.17) is 0 Å². The molecule has 3 aromatic heterocycles. The molecule has 1 aliphatic carbocycles. The van der Waals surface area contributed by atoms with Gasteiger partial charge in [-0.15, -0.1) is 0 Å². The van der Waals surface area contributed by atoms with E-state index in [2.05, 4.69) is 21.4 Å². The molecule has 8 nitrogen and oxygen atoms in total. The first-order valence-electron chi connectivity index (χ1n) is 9.63. The van der Waals surface area contributed by atoms with Crippen LogP contribution in [-0.4, -0.2) is 42.2 Å². The molecule has 0 spiro atoms. The van der Waals surface area contributed by atoms with Crippen molar-refractivity contribution < 1.29 is 21.6 Å². The van der Waals surface area contributed by atoms with Crippen LogP contribution in [0.3, 0.4) is 0 Å². The summed E-state index contributed by atoms with van der Waals surface area (Å²) in [5, 5.41) is 13.4. The highest BCUT2D eigenvalue weighted by atomic mass is 32.2. The molecule has 33 heavy (non-hydrogen) atoms. The molecule has 0 amide bonds. The van der Waals surface area contributed by atoms with Gasteiger partial charge in [0.15, 0.2) is 0 Å². The van der Waals surface area contributed by atoms with E-state index in [-0.39, 0.29) is 11.3 Å². The number of nitrogens with one attached hydrogen (secondary N) is 2. The van der Waals surface area contributed by atoms with Crippen molar-refractivity contribution in [3.8, 4) is 17.5 Å². The van der Waals surface area contributed by atoms with E-state index in [0.717, 1.165) is 18.0 Å². The Morgan fingerprint density at radius 3 is 2.45 bits per heavy atom.